The lowest BCUT2D eigenvalue weighted by Gasteiger charge is -2.42. The van der Waals surface area contributed by atoms with Crippen molar-refractivity contribution in [2.45, 2.75) is 24.7 Å². The second-order valence-corrected chi connectivity index (χ2v) is 12.4. The van der Waals surface area contributed by atoms with Crippen molar-refractivity contribution in [3.8, 4) is 11.1 Å². The van der Waals surface area contributed by atoms with Crippen molar-refractivity contribution in [1.29, 1.82) is 0 Å². The highest BCUT2D eigenvalue weighted by Crippen LogP contribution is 2.60. The van der Waals surface area contributed by atoms with Gasteiger partial charge in [0.15, 0.2) is 0 Å². The van der Waals surface area contributed by atoms with Crippen molar-refractivity contribution in [2.24, 2.45) is 0 Å². The Labute approximate surface area is 265 Å². The molecule has 0 saturated heterocycles. The standard InChI is InChI=1S/C44H33N/c1-3-13-31(14-4-1)32-23-25-36(26-24-32)45(35-17-5-2-6-18-35)37-27-28-43-39(30-37)38-19-9-12-22-42(38)44(43)40-20-10-7-15-33(40)29-34-16-8-11-21-41(34)44/h1-11,13-21,23-28,30H,12,22,29H2. The quantitative estimate of drug-likeness (QED) is 0.202. The second kappa shape index (κ2) is 10.4. The Morgan fingerprint density at radius 3 is 1.78 bits per heavy atom. The van der Waals surface area contributed by atoms with Crippen molar-refractivity contribution < 1.29 is 0 Å². The van der Waals surface area contributed by atoms with E-state index in [0.29, 0.717) is 0 Å². The van der Waals surface area contributed by atoms with Gasteiger partial charge < -0.3 is 4.90 Å². The Hall–Kier alpha value is -5.40. The summed E-state index contributed by atoms with van der Waals surface area (Å²) < 4.78 is 0. The number of hydrogen-bond acceptors (Lipinski definition) is 1. The van der Waals surface area contributed by atoms with E-state index in [9.17, 15) is 0 Å². The first-order valence-electron chi connectivity index (χ1n) is 16.0. The Kier molecular flexibility index (Phi) is 5.99. The minimum absolute atomic E-state index is 0.256. The molecule has 0 aliphatic heterocycles. The summed E-state index contributed by atoms with van der Waals surface area (Å²) in [6, 6.07) is 55.9. The van der Waals surface area contributed by atoms with Crippen molar-refractivity contribution in [3.63, 3.8) is 0 Å². The van der Waals surface area contributed by atoms with Crippen LogP contribution >= 0.6 is 0 Å². The summed E-state index contributed by atoms with van der Waals surface area (Å²) in [4.78, 5) is 2.40. The normalized spacial score (nSPS) is 15.3. The number of fused-ring (bicyclic) bond motifs is 8. The fourth-order valence-electron chi connectivity index (χ4n) is 8.19. The Morgan fingerprint density at radius 2 is 1.07 bits per heavy atom. The highest BCUT2D eigenvalue weighted by atomic mass is 15.1. The zero-order valence-corrected chi connectivity index (χ0v) is 25.2. The molecular weight excluding hydrogens is 542 g/mol. The van der Waals surface area contributed by atoms with Gasteiger partial charge in [-0.1, -0.05) is 127 Å². The number of nitrogens with zero attached hydrogens (tertiary/aromatic N) is 1. The number of para-hydroxylation sites is 1. The fourth-order valence-corrected chi connectivity index (χ4v) is 8.19. The first-order chi connectivity index (χ1) is 22.3. The van der Waals surface area contributed by atoms with Crippen LogP contribution in [0.1, 0.15) is 46.2 Å². The summed E-state index contributed by atoms with van der Waals surface area (Å²) in [5.74, 6) is 0. The monoisotopic (exact) mass is 575 g/mol. The van der Waals surface area contributed by atoms with Crippen LogP contribution in [0.15, 0.2) is 169 Å². The molecule has 3 aliphatic rings. The third kappa shape index (κ3) is 3.94. The Bertz CT molecular complexity index is 2070. The lowest BCUT2D eigenvalue weighted by molar-refractivity contribution is 0.665. The molecule has 214 valence electrons. The average Bonchev–Trinajstić information content (AvgIpc) is 3.40. The third-order valence-corrected chi connectivity index (χ3v) is 10.0. The average molecular weight is 576 g/mol. The Morgan fingerprint density at radius 1 is 0.489 bits per heavy atom. The molecule has 6 aromatic carbocycles. The van der Waals surface area contributed by atoms with Gasteiger partial charge in [-0.15, -0.1) is 0 Å². The van der Waals surface area contributed by atoms with Crippen LogP contribution in [0.3, 0.4) is 0 Å². The summed E-state index contributed by atoms with van der Waals surface area (Å²) in [5.41, 5.74) is 17.2. The minimum Gasteiger partial charge on any atom is -0.310 e. The van der Waals surface area contributed by atoms with E-state index in [-0.39, 0.29) is 5.41 Å². The molecule has 1 heteroatoms. The van der Waals surface area contributed by atoms with E-state index in [1.807, 2.05) is 0 Å². The van der Waals surface area contributed by atoms with Gasteiger partial charge in [-0.2, -0.15) is 0 Å². The lowest BCUT2D eigenvalue weighted by atomic mass is 9.60. The number of anilines is 3. The molecule has 0 amide bonds. The van der Waals surface area contributed by atoms with E-state index in [0.717, 1.165) is 30.6 Å². The topological polar surface area (TPSA) is 3.24 Å². The predicted octanol–water partition coefficient (Wildman–Crippen LogP) is 11.2. The molecule has 45 heavy (non-hydrogen) atoms. The van der Waals surface area contributed by atoms with E-state index < -0.39 is 0 Å². The van der Waals surface area contributed by atoms with Crippen molar-refractivity contribution >= 4 is 22.6 Å². The summed E-state index contributed by atoms with van der Waals surface area (Å²) in [5, 5.41) is 0. The Balaban J connectivity index is 1.25. The molecule has 0 radical (unpaired) electrons. The molecule has 0 aromatic heterocycles. The molecule has 0 bridgehead atoms. The molecule has 1 nitrogen and oxygen atoms in total. The highest BCUT2D eigenvalue weighted by molar-refractivity contribution is 5.94. The number of rotatable bonds is 4. The van der Waals surface area contributed by atoms with Crippen molar-refractivity contribution in [3.05, 3.63) is 203 Å². The molecule has 0 fully saturated rings. The van der Waals surface area contributed by atoms with Crippen LogP contribution < -0.4 is 4.90 Å². The van der Waals surface area contributed by atoms with Gasteiger partial charge in [-0.05, 0) is 111 Å². The van der Waals surface area contributed by atoms with Crippen molar-refractivity contribution in [1.82, 2.24) is 0 Å². The molecule has 1 spiro atoms. The maximum Gasteiger partial charge on any atom is 0.0682 e. The number of allylic oxidation sites excluding steroid dienone is 4. The third-order valence-electron chi connectivity index (χ3n) is 10.0. The molecular formula is C44H33N. The number of benzene rings is 6. The van der Waals surface area contributed by atoms with E-state index in [1.54, 1.807) is 5.57 Å². The molecule has 0 heterocycles. The van der Waals surface area contributed by atoms with Crippen LogP contribution in [0.2, 0.25) is 0 Å². The maximum atomic E-state index is 2.45. The molecule has 0 unspecified atom stereocenters. The van der Waals surface area contributed by atoms with E-state index in [2.05, 4.69) is 169 Å². The van der Waals surface area contributed by atoms with Crippen LogP contribution in [0.5, 0.6) is 0 Å². The van der Waals surface area contributed by atoms with Crippen LogP contribution in [0, 0.1) is 0 Å². The van der Waals surface area contributed by atoms with E-state index in [4.69, 9.17) is 0 Å². The van der Waals surface area contributed by atoms with Crippen LogP contribution in [-0.4, -0.2) is 0 Å². The predicted molar refractivity (Wildman–Crippen MR) is 187 cm³/mol. The van der Waals surface area contributed by atoms with Gasteiger partial charge in [-0.3, -0.25) is 0 Å². The minimum atomic E-state index is -0.256. The van der Waals surface area contributed by atoms with Gasteiger partial charge in [0, 0.05) is 17.1 Å². The molecule has 9 rings (SSSR count). The van der Waals surface area contributed by atoms with Gasteiger partial charge in [0.05, 0.1) is 5.41 Å². The second-order valence-electron chi connectivity index (χ2n) is 12.4. The molecule has 0 N–H and O–H groups in total. The molecule has 0 atom stereocenters. The van der Waals surface area contributed by atoms with Gasteiger partial charge in [0.25, 0.3) is 0 Å². The zero-order valence-electron chi connectivity index (χ0n) is 25.2. The zero-order chi connectivity index (χ0) is 29.8. The lowest BCUT2D eigenvalue weighted by Crippen LogP contribution is -2.35. The van der Waals surface area contributed by atoms with Gasteiger partial charge >= 0.3 is 0 Å². The van der Waals surface area contributed by atoms with Gasteiger partial charge in [0.1, 0.15) is 0 Å². The van der Waals surface area contributed by atoms with E-state index in [1.165, 1.54) is 55.8 Å². The van der Waals surface area contributed by atoms with Crippen LogP contribution in [0.4, 0.5) is 17.1 Å². The fraction of sp³-hybridized carbons (Fsp3) is 0.0909. The smallest absolute Gasteiger partial charge is 0.0682 e. The van der Waals surface area contributed by atoms with Gasteiger partial charge in [0.2, 0.25) is 0 Å². The SMILES string of the molecule is C1=CC2=C(CC1)C1(c3ccccc3Cc3ccccc31)c1ccc(N(c3ccccc3)c3ccc(-c4ccccc4)cc3)cc12. The summed E-state index contributed by atoms with van der Waals surface area (Å²) in [7, 11) is 0. The van der Waals surface area contributed by atoms with Crippen molar-refractivity contribution in [2.75, 3.05) is 4.90 Å². The molecule has 0 saturated carbocycles. The van der Waals surface area contributed by atoms with Gasteiger partial charge in [-0.25, -0.2) is 0 Å². The number of hydrogen-bond donors (Lipinski definition) is 0. The van der Waals surface area contributed by atoms with E-state index >= 15 is 0 Å². The summed E-state index contributed by atoms with van der Waals surface area (Å²) in [6.45, 7) is 0. The highest BCUT2D eigenvalue weighted by Gasteiger charge is 2.50. The molecule has 6 aromatic rings. The van der Waals surface area contributed by atoms with Crippen LogP contribution in [0.25, 0.3) is 16.7 Å². The maximum absolute atomic E-state index is 2.45. The first-order valence-corrected chi connectivity index (χ1v) is 16.0. The summed E-state index contributed by atoms with van der Waals surface area (Å²) in [6.07, 6.45) is 7.90. The first kappa shape index (κ1) is 26.0. The largest absolute Gasteiger partial charge is 0.310 e. The molecule has 3 aliphatic carbocycles. The van der Waals surface area contributed by atoms with Crippen LogP contribution in [-0.2, 0) is 11.8 Å². The summed E-state index contributed by atoms with van der Waals surface area (Å²) >= 11 is 0.